The predicted octanol–water partition coefficient (Wildman–Crippen LogP) is 4.38. The van der Waals surface area contributed by atoms with E-state index in [1.54, 1.807) is 12.1 Å². The number of ether oxygens (including phenoxy) is 1. The first-order chi connectivity index (χ1) is 13.2. The van der Waals surface area contributed by atoms with Crippen LogP contribution in [0.15, 0.2) is 53.9 Å². The summed E-state index contributed by atoms with van der Waals surface area (Å²) in [6, 6.07) is 14.0. The molecule has 0 aliphatic carbocycles. The number of aromatic nitrogens is 1. The fourth-order valence-corrected chi connectivity index (χ4v) is 3.92. The average molecular weight is 382 g/mol. The van der Waals surface area contributed by atoms with Gasteiger partial charge in [0.05, 0.1) is 12.1 Å². The number of carbonyl (C=O) groups excluding carboxylic acids is 1. The molecular formula is C21H19FN2O2S. The van der Waals surface area contributed by atoms with Crippen LogP contribution < -0.4 is 9.64 Å². The van der Waals surface area contributed by atoms with E-state index in [0.29, 0.717) is 12.4 Å². The van der Waals surface area contributed by atoms with Crippen LogP contribution in [0.5, 0.6) is 5.75 Å². The minimum Gasteiger partial charge on any atom is -0.486 e. The highest BCUT2D eigenvalue weighted by Gasteiger charge is 2.22. The summed E-state index contributed by atoms with van der Waals surface area (Å²) in [5.41, 5.74) is 3.00. The van der Waals surface area contributed by atoms with Gasteiger partial charge in [-0.1, -0.05) is 18.2 Å². The van der Waals surface area contributed by atoms with Crippen LogP contribution in [0.25, 0.3) is 0 Å². The molecule has 138 valence electrons. The number of benzene rings is 2. The zero-order chi connectivity index (χ0) is 18.6. The van der Waals surface area contributed by atoms with Gasteiger partial charge in [0.2, 0.25) is 5.91 Å². The van der Waals surface area contributed by atoms with Gasteiger partial charge in [-0.3, -0.25) is 4.79 Å². The molecule has 0 fully saturated rings. The van der Waals surface area contributed by atoms with E-state index < -0.39 is 0 Å². The number of nitrogens with zero attached hydrogens (tertiary/aromatic N) is 2. The number of rotatable bonds is 5. The van der Waals surface area contributed by atoms with E-state index in [2.05, 4.69) is 11.1 Å². The van der Waals surface area contributed by atoms with Crippen LogP contribution in [0.1, 0.15) is 22.7 Å². The molecule has 0 spiro atoms. The normalized spacial score (nSPS) is 13.3. The zero-order valence-electron chi connectivity index (χ0n) is 14.7. The van der Waals surface area contributed by atoms with Crippen molar-refractivity contribution in [2.75, 3.05) is 11.4 Å². The van der Waals surface area contributed by atoms with Crippen molar-refractivity contribution in [2.24, 2.45) is 0 Å². The molecule has 0 unspecified atom stereocenters. The molecule has 4 nitrogen and oxygen atoms in total. The van der Waals surface area contributed by atoms with Gasteiger partial charge in [-0.25, -0.2) is 9.37 Å². The van der Waals surface area contributed by atoms with E-state index in [1.807, 2.05) is 28.5 Å². The Balaban J connectivity index is 1.38. The van der Waals surface area contributed by atoms with Gasteiger partial charge < -0.3 is 9.64 Å². The molecular weight excluding hydrogens is 363 g/mol. The van der Waals surface area contributed by atoms with Crippen LogP contribution in [0.2, 0.25) is 0 Å². The van der Waals surface area contributed by atoms with Gasteiger partial charge in [0.15, 0.2) is 0 Å². The summed E-state index contributed by atoms with van der Waals surface area (Å²) in [5, 5.41) is 2.69. The van der Waals surface area contributed by atoms with Gasteiger partial charge in [-0.2, -0.15) is 0 Å². The van der Waals surface area contributed by atoms with Crippen molar-refractivity contribution >= 4 is 22.9 Å². The topological polar surface area (TPSA) is 42.4 Å². The number of hydrogen-bond acceptors (Lipinski definition) is 4. The third kappa shape index (κ3) is 4.17. The molecule has 2 aromatic carbocycles. The van der Waals surface area contributed by atoms with Crippen molar-refractivity contribution in [3.63, 3.8) is 0 Å². The largest absolute Gasteiger partial charge is 0.486 e. The van der Waals surface area contributed by atoms with Crippen LogP contribution in [-0.4, -0.2) is 17.4 Å². The predicted molar refractivity (Wildman–Crippen MR) is 104 cm³/mol. The van der Waals surface area contributed by atoms with Gasteiger partial charge >= 0.3 is 0 Å². The summed E-state index contributed by atoms with van der Waals surface area (Å²) in [7, 11) is 0. The van der Waals surface area contributed by atoms with E-state index in [4.69, 9.17) is 4.74 Å². The number of fused-ring (bicyclic) bond motifs is 1. The second-order valence-electron chi connectivity index (χ2n) is 6.43. The van der Waals surface area contributed by atoms with E-state index >= 15 is 0 Å². The molecule has 0 atom stereocenters. The average Bonchev–Trinajstić information content (AvgIpc) is 3.14. The lowest BCUT2D eigenvalue weighted by Crippen LogP contribution is -2.36. The number of carbonyl (C=O) groups is 1. The number of hydrogen-bond donors (Lipinski definition) is 0. The maximum absolute atomic E-state index is 12.9. The Labute approximate surface area is 161 Å². The molecule has 0 saturated carbocycles. The summed E-state index contributed by atoms with van der Waals surface area (Å²) < 4.78 is 18.5. The SMILES string of the molecule is O=C(Cc1csc(COc2ccc(F)cc2)n1)N1CCCc2ccccc21. The molecule has 0 N–H and O–H groups in total. The van der Waals surface area contributed by atoms with Crippen molar-refractivity contribution in [2.45, 2.75) is 25.9 Å². The van der Waals surface area contributed by atoms with E-state index in [9.17, 15) is 9.18 Å². The van der Waals surface area contributed by atoms with Gasteiger partial charge in [0.1, 0.15) is 23.2 Å². The first kappa shape index (κ1) is 17.7. The number of para-hydroxylation sites is 1. The van der Waals surface area contributed by atoms with Crippen LogP contribution in [0.3, 0.4) is 0 Å². The van der Waals surface area contributed by atoms with Crippen molar-refractivity contribution in [3.05, 3.63) is 76.0 Å². The first-order valence-electron chi connectivity index (χ1n) is 8.89. The summed E-state index contributed by atoms with van der Waals surface area (Å²) in [4.78, 5) is 19.1. The van der Waals surface area contributed by atoms with Crippen molar-refractivity contribution in [1.29, 1.82) is 0 Å². The molecule has 27 heavy (non-hydrogen) atoms. The summed E-state index contributed by atoms with van der Waals surface area (Å²) >= 11 is 1.47. The van der Waals surface area contributed by atoms with Crippen LogP contribution in [0.4, 0.5) is 10.1 Å². The first-order valence-corrected chi connectivity index (χ1v) is 9.77. The Morgan fingerprint density at radius 3 is 2.85 bits per heavy atom. The van der Waals surface area contributed by atoms with Gasteiger partial charge in [0, 0.05) is 17.6 Å². The fourth-order valence-electron chi connectivity index (χ4n) is 3.22. The zero-order valence-corrected chi connectivity index (χ0v) is 15.5. The third-order valence-electron chi connectivity index (χ3n) is 4.52. The third-order valence-corrected chi connectivity index (χ3v) is 5.39. The minimum absolute atomic E-state index is 0.0680. The van der Waals surface area contributed by atoms with E-state index in [1.165, 1.54) is 29.0 Å². The Hall–Kier alpha value is -2.73. The lowest BCUT2D eigenvalue weighted by atomic mass is 10.0. The highest BCUT2D eigenvalue weighted by molar-refractivity contribution is 7.09. The summed E-state index contributed by atoms with van der Waals surface area (Å²) in [6.07, 6.45) is 2.28. The molecule has 1 aliphatic heterocycles. The van der Waals surface area contributed by atoms with Gasteiger partial charge in [0.25, 0.3) is 0 Å². The molecule has 4 rings (SSSR count). The smallest absolute Gasteiger partial charge is 0.233 e. The molecule has 6 heteroatoms. The number of aryl methyl sites for hydroxylation is 1. The summed E-state index contributed by atoms with van der Waals surface area (Å²) in [5.74, 6) is 0.365. The van der Waals surface area contributed by atoms with Crippen LogP contribution >= 0.6 is 11.3 Å². The van der Waals surface area contributed by atoms with Gasteiger partial charge in [-0.05, 0) is 48.7 Å². The second-order valence-corrected chi connectivity index (χ2v) is 7.37. The molecule has 0 saturated heterocycles. The number of anilines is 1. The molecule has 1 aliphatic rings. The highest BCUT2D eigenvalue weighted by Crippen LogP contribution is 2.27. The molecule has 0 radical (unpaired) electrons. The number of thiazole rings is 1. The molecule has 2 heterocycles. The Morgan fingerprint density at radius 1 is 1.19 bits per heavy atom. The quantitative estimate of drug-likeness (QED) is 0.658. The molecule has 1 amide bonds. The second kappa shape index (κ2) is 7.88. The number of amides is 1. The Morgan fingerprint density at radius 2 is 2.00 bits per heavy atom. The maximum Gasteiger partial charge on any atom is 0.233 e. The molecule has 1 aromatic heterocycles. The molecule has 3 aromatic rings. The van der Waals surface area contributed by atoms with E-state index in [-0.39, 0.29) is 18.1 Å². The lowest BCUT2D eigenvalue weighted by Gasteiger charge is -2.29. The van der Waals surface area contributed by atoms with Crippen molar-refractivity contribution < 1.29 is 13.9 Å². The Bertz CT molecular complexity index is 939. The standard InChI is InChI=1S/C21H19FN2O2S/c22-16-7-9-18(10-8-16)26-13-20-23-17(14-27-20)12-21(25)24-11-3-5-15-4-1-2-6-19(15)24/h1-2,4,6-10,14H,3,5,11-13H2. The minimum atomic E-state index is -0.295. The maximum atomic E-state index is 12.9. The Kier molecular flexibility index (Phi) is 5.16. The highest BCUT2D eigenvalue weighted by atomic mass is 32.1. The van der Waals surface area contributed by atoms with Crippen LogP contribution in [0, 0.1) is 5.82 Å². The van der Waals surface area contributed by atoms with Crippen molar-refractivity contribution in [1.82, 2.24) is 4.98 Å². The van der Waals surface area contributed by atoms with Crippen molar-refractivity contribution in [3.8, 4) is 5.75 Å². The van der Waals surface area contributed by atoms with E-state index in [0.717, 1.165) is 35.8 Å². The van der Waals surface area contributed by atoms with Gasteiger partial charge in [-0.15, -0.1) is 11.3 Å². The van der Waals surface area contributed by atoms with Crippen LogP contribution in [-0.2, 0) is 24.2 Å². The lowest BCUT2D eigenvalue weighted by molar-refractivity contribution is -0.118. The summed E-state index contributed by atoms with van der Waals surface area (Å²) in [6.45, 7) is 1.05. The number of halogens is 1. The molecule has 0 bridgehead atoms. The monoisotopic (exact) mass is 382 g/mol. The fraction of sp³-hybridized carbons (Fsp3) is 0.238.